The van der Waals surface area contributed by atoms with Gasteiger partial charge in [-0.3, -0.25) is 9.36 Å². The number of hydrogen-bond acceptors (Lipinski definition) is 8. The maximum atomic E-state index is 11.3. The molecule has 1 aliphatic heterocycles. The number of nitrogen functional groups attached to an aromatic ring is 1. The zero-order valence-corrected chi connectivity index (χ0v) is 17.2. The molecule has 2 aromatic carbocycles. The highest BCUT2D eigenvalue weighted by Crippen LogP contribution is 2.25. The second-order valence-electron chi connectivity index (χ2n) is 7.60. The van der Waals surface area contributed by atoms with Crippen LogP contribution in [-0.2, 0) is 0 Å². The summed E-state index contributed by atoms with van der Waals surface area (Å²) in [6.07, 6.45) is 1.64. The van der Waals surface area contributed by atoms with Crippen LogP contribution in [0.5, 0.6) is 5.75 Å². The van der Waals surface area contributed by atoms with Crippen LogP contribution < -0.4 is 21.3 Å². The van der Waals surface area contributed by atoms with Crippen molar-refractivity contribution in [2.45, 2.75) is 0 Å². The van der Waals surface area contributed by atoms with Crippen molar-refractivity contribution in [1.82, 2.24) is 19.5 Å². The van der Waals surface area contributed by atoms with Crippen molar-refractivity contribution >= 4 is 34.5 Å². The number of nitrogens with two attached hydrogens (primary N) is 2. The number of fused-ring (bicyclic) bond motifs is 1. The van der Waals surface area contributed by atoms with Crippen molar-refractivity contribution in [2.24, 2.45) is 5.73 Å². The Morgan fingerprint density at radius 2 is 1.50 bits per heavy atom. The number of phenolic OH excluding ortho intramolecular Hbond substituents is 1. The lowest BCUT2D eigenvalue weighted by Gasteiger charge is -2.36. The molecule has 2 aromatic heterocycles. The quantitative estimate of drug-likeness (QED) is 0.443. The average molecular weight is 430 g/mol. The lowest BCUT2D eigenvalue weighted by molar-refractivity contribution is 0.100. The van der Waals surface area contributed by atoms with Gasteiger partial charge in [0.1, 0.15) is 12.1 Å². The molecule has 5 rings (SSSR count). The van der Waals surface area contributed by atoms with E-state index in [-0.39, 0.29) is 5.75 Å². The number of nitrogens with zero attached hydrogens (tertiary/aromatic N) is 6. The molecule has 1 aliphatic rings. The van der Waals surface area contributed by atoms with E-state index in [2.05, 4.69) is 19.8 Å². The van der Waals surface area contributed by atoms with E-state index in [4.69, 9.17) is 16.5 Å². The molecule has 4 aromatic rings. The highest BCUT2D eigenvalue weighted by atomic mass is 16.3. The van der Waals surface area contributed by atoms with Crippen molar-refractivity contribution in [3.05, 3.63) is 60.4 Å². The van der Waals surface area contributed by atoms with Crippen LogP contribution in [0.2, 0.25) is 0 Å². The van der Waals surface area contributed by atoms with Gasteiger partial charge in [-0.05, 0) is 48.5 Å². The van der Waals surface area contributed by atoms with Gasteiger partial charge in [-0.25, -0.2) is 4.98 Å². The number of phenols is 1. The van der Waals surface area contributed by atoms with E-state index in [0.29, 0.717) is 28.5 Å². The molecule has 0 radical (unpaired) electrons. The molecule has 10 nitrogen and oxygen atoms in total. The minimum atomic E-state index is -0.479. The Bertz CT molecular complexity index is 1280. The summed E-state index contributed by atoms with van der Waals surface area (Å²) in [4.78, 5) is 29.3. The van der Waals surface area contributed by atoms with E-state index in [1.165, 1.54) is 0 Å². The summed E-state index contributed by atoms with van der Waals surface area (Å²) in [5.74, 6) is 0.645. The molecule has 0 saturated carbocycles. The zero-order chi connectivity index (χ0) is 22.2. The van der Waals surface area contributed by atoms with Gasteiger partial charge in [-0.2, -0.15) is 9.97 Å². The monoisotopic (exact) mass is 430 g/mol. The highest BCUT2D eigenvalue weighted by molar-refractivity contribution is 5.93. The predicted octanol–water partition coefficient (Wildman–Crippen LogP) is 1.53. The van der Waals surface area contributed by atoms with E-state index in [9.17, 15) is 9.90 Å². The molecule has 32 heavy (non-hydrogen) atoms. The van der Waals surface area contributed by atoms with Crippen LogP contribution >= 0.6 is 0 Å². The molecule has 0 bridgehead atoms. The third kappa shape index (κ3) is 3.51. The number of carbonyl (C=O) groups is 1. The Morgan fingerprint density at radius 1 is 0.875 bits per heavy atom. The van der Waals surface area contributed by atoms with E-state index < -0.39 is 5.91 Å². The molecule has 1 saturated heterocycles. The maximum absolute atomic E-state index is 11.3. The van der Waals surface area contributed by atoms with Gasteiger partial charge in [0, 0.05) is 43.1 Å². The average Bonchev–Trinajstić information content (AvgIpc) is 3.24. The predicted molar refractivity (Wildman–Crippen MR) is 122 cm³/mol. The molecule has 5 N–H and O–H groups in total. The van der Waals surface area contributed by atoms with Crippen LogP contribution in [0, 0.1) is 0 Å². The molecule has 0 spiro atoms. The zero-order valence-electron chi connectivity index (χ0n) is 17.2. The van der Waals surface area contributed by atoms with Gasteiger partial charge in [0.25, 0.3) is 0 Å². The second kappa shape index (κ2) is 7.73. The fourth-order valence-electron chi connectivity index (χ4n) is 3.85. The van der Waals surface area contributed by atoms with Gasteiger partial charge < -0.3 is 26.4 Å². The number of aromatic hydroxyl groups is 1. The number of carbonyl (C=O) groups excluding carboxylic acids is 1. The third-order valence-electron chi connectivity index (χ3n) is 5.62. The van der Waals surface area contributed by atoms with Crippen molar-refractivity contribution in [1.29, 1.82) is 0 Å². The van der Waals surface area contributed by atoms with Crippen LogP contribution in [0.25, 0.3) is 16.9 Å². The summed E-state index contributed by atoms with van der Waals surface area (Å²) < 4.78 is 1.81. The molecule has 0 atom stereocenters. The van der Waals surface area contributed by atoms with Crippen LogP contribution in [-0.4, -0.2) is 56.7 Å². The second-order valence-corrected chi connectivity index (χ2v) is 7.60. The number of piperazine rings is 1. The minimum absolute atomic E-state index is 0.255. The number of anilines is 3. The summed E-state index contributed by atoms with van der Waals surface area (Å²) in [6, 6.07) is 14.1. The lowest BCUT2D eigenvalue weighted by atomic mass is 10.2. The summed E-state index contributed by atoms with van der Waals surface area (Å²) in [6.45, 7) is 3.04. The lowest BCUT2D eigenvalue weighted by Crippen LogP contribution is -2.47. The Kier molecular flexibility index (Phi) is 4.74. The van der Waals surface area contributed by atoms with Crippen molar-refractivity contribution in [3.63, 3.8) is 0 Å². The Labute approximate surface area is 183 Å². The van der Waals surface area contributed by atoms with Gasteiger partial charge >= 0.3 is 0 Å². The number of hydrogen-bond donors (Lipinski definition) is 3. The van der Waals surface area contributed by atoms with Gasteiger partial charge in [0.15, 0.2) is 17.0 Å². The van der Waals surface area contributed by atoms with Crippen molar-refractivity contribution < 1.29 is 9.90 Å². The first kappa shape index (κ1) is 19.6. The van der Waals surface area contributed by atoms with Gasteiger partial charge in [-0.15, -0.1) is 0 Å². The summed E-state index contributed by atoms with van der Waals surface area (Å²) in [7, 11) is 0. The van der Waals surface area contributed by atoms with E-state index in [0.717, 1.165) is 37.6 Å². The Balaban J connectivity index is 1.41. The standard InChI is InChI=1S/C22H22N8O2/c23-19-18-21(30(13-25-18)16-3-1-14(2-4-16)20(24)32)27-22(26-19)29-11-9-28(10-12-29)15-5-7-17(31)8-6-15/h1-8,13,31H,9-12H2,(H2,24,32)(H2,23,26,27). The number of benzene rings is 2. The number of primary amides is 1. The Hall–Kier alpha value is -4.34. The normalized spacial score (nSPS) is 14.1. The third-order valence-corrected chi connectivity index (χ3v) is 5.62. The molecular weight excluding hydrogens is 408 g/mol. The number of imidazole rings is 1. The largest absolute Gasteiger partial charge is 0.508 e. The molecule has 0 unspecified atom stereocenters. The Morgan fingerprint density at radius 3 is 2.16 bits per heavy atom. The molecule has 0 aliphatic carbocycles. The number of rotatable bonds is 4. The van der Waals surface area contributed by atoms with E-state index >= 15 is 0 Å². The summed E-state index contributed by atoms with van der Waals surface area (Å²) in [5.41, 5.74) is 14.9. The first-order valence-electron chi connectivity index (χ1n) is 10.2. The first-order chi connectivity index (χ1) is 15.5. The molecule has 1 amide bonds. The fraction of sp³-hybridized carbons (Fsp3) is 0.182. The molecule has 3 heterocycles. The molecule has 162 valence electrons. The van der Waals surface area contributed by atoms with Crippen molar-refractivity contribution in [3.8, 4) is 11.4 Å². The molecule has 1 fully saturated rings. The fourth-order valence-corrected chi connectivity index (χ4v) is 3.85. The highest BCUT2D eigenvalue weighted by Gasteiger charge is 2.22. The van der Waals surface area contributed by atoms with Gasteiger partial charge in [0.05, 0.1) is 0 Å². The summed E-state index contributed by atoms with van der Waals surface area (Å²) >= 11 is 0. The van der Waals surface area contributed by atoms with Crippen molar-refractivity contribution in [2.75, 3.05) is 41.7 Å². The maximum Gasteiger partial charge on any atom is 0.248 e. The molecular formula is C22H22N8O2. The smallest absolute Gasteiger partial charge is 0.248 e. The molecule has 10 heteroatoms. The van der Waals surface area contributed by atoms with Crippen LogP contribution in [0.15, 0.2) is 54.9 Å². The van der Waals surface area contributed by atoms with Crippen LogP contribution in [0.3, 0.4) is 0 Å². The van der Waals surface area contributed by atoms with Gasteiger partial charge in [-0.1, -0.05) is 0 Å². The first-order valence-corrected chi connectivity index (χ1v) is 10.2. The topological polar surface area (TPSA) is 139 Å². The van der Waals surface area contributed by atoms with E-state index in [1.54, 1.807) is 42.7 Å². The summed E-state index contributed by atoms with van der Waals surface area (Å²) in [5, 5.41) is 9.50. The van der Waals surface area contributed by atoms with Gasteiger partial charge in [0.2, 0.25) is 11.9 Å². The van der Waals surface area contributed by atoms with Crippen LogP contribution in [0.4, 0.5) is 17.5 Å². The number of aromatic nitrogens is 4. The SMILES string of the molecule is NC(=O)c1ccc(-n2cnc3c(N)nc(N4CCN(c5ccc(O)cc5)CC4)nc32)cc1. The number of amides is 1. The van der Waals surface area contributed by atoms with E-state index in [1.807, 2.05) is 16.7 Å². The minimum Gasteiger partial charge on any atom is -0.508 e. The van der Waals surface area contributed by atoms with Crippen LogP contribution in [0.1, 0.15) is 10.4 Å².